The van der Waals surface area contributed by atoms with Crippen LogP contribution in [0.4, 0.5) is 8.78 Å². The topological polar surface area (TPSA) is 53.2 Å². The number of carbonyl (C=O) groups excluding carboxylic acids is 1. The molecule has 1 fully saturated rings. The first-order chi connectivity index (χ1) is 10.9. The molecule has 0 spiro atoms. The molecular weight excluding hydrogens is 320 g/mol. The molecular formula is C16H21F2N3OS. The van der Waals surface area contributed by atoms with E-state index in [9.17, 15) is 13.6 Å². The Morgan fingerprint density at radius 1 is 1.13 bits per heavy atom. The lowest BCUT2D eigenvalue weighted by molar-refractivity contribution is 0.0942. The van der Waals surface area contributed by atoms with Gasteiger partial charge in [-0.3, -0.25) is 15.6 Å². The molecule has 3 atom stereocenters. The molecule has 1 saturated carbocycles. The summed E-state index contributed by atoms with van der Waals surface area (Å²) < 4.78 is 26.2. The molecule has 2 rings (SSSR count). The molecule has 23 heavy (non-hydrogen) atoms. The number of thiocarbonyl (C=S) groups is 1. The molecule has 1 aliphatic rings. The molecule has 4 nitrogen and oxygen atoms in total. The fourth-order valence-electron chi connectivity index (χ4n) is 2.86. The van der Waals surface area contributed by atoms with Gasteiger partial charge in [0.05, 0.1) is 0 Å². The number of carbonyl (C=O) groups is 1. The van der Waals surface area contributed by atoms with Crippen molar-refractivity contribution < 1.29 is 13.6 Å². The van der Waals surface area contributed by atoms with Crippen molar-refractivity contribution in [2.75, 3.05) is 0 Å². The maximum absolute atomic E-state index is 13.1. The smallest absolute Gasteiger partial charge is 0.269 e. The van der Waals surface area contributed by atoms with Crippen LogP contribution >= 0.6 is 12.2 Å². The lowest BCUT2D eigenvalue weighted by Crippen LogP contribution is -2.52. The van der Waals surface area contributed by atoms with Crippen molar-refractivity contribution in [3.63, 3.8) is 0 Å². The summed E-state index contributed by atoms with van der Waals surface area (Å²) in [5.41, 5.74) is 4.81. The van der Waals surface area contributed by atoms with Gasteiger partial charge in [0.1, 0.15) is 11.6 Å². The molecule has 3 N–H and O–H groups in total. The first kappa shape index (κ1) is 17.6. The van der Waals surface area contributed by atoms with Gasteiger partial charge < -0.3 is 5.32 Å². The van der Waals surface area contributed by atoms with Crippen LogP contribution in [-0.2, 0) is 0 Å². The van der Waals surface area contributed by atoms with Crippen LogP contribution in [0.2, 0.25) is 0 Å². The van der Waals surface area contributed by atoms with E-state index in [2.05, 4.69) is 30.0 Å². The van der Waals surface area contributed by atoms with E-state index in [1.807, 2.05) is 0 Å². The molecule has 0 unspecified atom stereocenters. The summed E-state index contributed by atoms with van der Waals surface area (Å²) in [6.07, 6.45) is 3.37. The number of rotatable bonds is 2. The fourth-order valence-corrected chi connectivity index (χ4v) is 3.06. The molecule has 1 aliphatic carbocycles. The highest BCUT2D eigenvalue weighted by Gasteiger charge is 2.27. The van der Waals surface area contributed by atoms with Crippen LogP contribution in [0.1, 0.15) is 43.5 Å². The van der Waals surface area contributed by atoms with Gasteiger partial charge in [0.2, 0.25) is 0 Å². The first-order valence-electron chi connectivity index (χ1n) is 7.69. The summed E-state index contributed by atoms with van der Waals surface area (Å²) >= 11 is 5.16. The van der Waals surface area contributed by atoms with E-state index >= 15 is 0 Å². The molecule has 0 saturated heterocycles. The summed E-state index contributed by atoms with van der Waals surface area (Å²) in [6, 6.07) is 2.88. The highest BCUT2D eigenvalue weighted by atomic mass is 32.1. The zero-order valence-electron chi connectivity index (χ0n) is 13.2. The second-order valence-corrected chi connectivity index (χ2v) is 6.49. The van der Waals surface area contributed by atoms with Crippen LogP contribution in [0, 0.1) is 23.5 Å². The Kier molecular flexibility index (Phi) is 5.87. The fraction of sp³-hybridized carbons (Fsp3) is 0.500. The quantitative estimate of drug-likeness (QED) is 0.572. The minimum Gasteiger partial charge on any atom is -0.358 e. The highest BCUT2D eigenvalue weighted by molar-refractivity contribution is 7.80. The van der Waals surface area contributed by atoms with E-state index in [0.717, 1.165) is 25.0 Å². The average molecular weight is 341 g/mol. The number of hydrazine groups is 1. The van der Waals surface area contributed by atoms with Gasteiger partial charge in [-0.1, -0.05) is 26.7 Å². The Morgan fingerprint density at radius 3 is 2.43 bits per heavy atom. The molecule has 1 aromatic rings. The third-order valence-electron chi connectivity index (χ3n) is 4.44. The summed E-state index contributed by atoms with van der Waals surface area (Å²) in [5, 5.41) is 3.48. The molecule has 0 bridgehead atoms. The van der Waals surface area contributed by atoms with Gasteiger partial charge >= 0.3 is 0 Å². The summed E-state index contributed by atoms with van der Waals surface area (Å²) in [4.78, 5) is 11.9. The van der Waals surface area contributed by atoms with Gasteiger partial charge in [0.15, 0.2) is 5.11 Å². The minimum absolute atomic E-state index is 0.113. The third kappa shape index (κ3) is 4.86. The number of hydrogen-bond acceptors (Lipinski definition) is 2. The Balaban J connectivity index is 1.85. The minimum atomic E-state index is -0.805. The van der Waals surface area contributed by atoms with E-state index in [1.165, 1.54) is 6.42 Å². The molecule has 0 heterocycles. The van der Waals surface area contributed by atoms with E-state index in [1.54, 1.807) is 0 Å². The maximum Gasteiger partial charge on any atom is 0.269 e. The van der Waals surface area contributed by atoms with Crippen molar-refractivity contribution in [2.45, 2.75) is 39.2 Å². The van der Waals surface area contributed by atoms with Gasteiger partial charge in [-0.05, 0) is 42.6 Å². The summed E-state index contributed by atoms with van der Waals surface area (Å²) in [6.45, 7) is 4.40. The predicted octanol–water partition coefficient (Wildman–Crippen LogP) is 2.90. The van der Waals surface area contributed by atoms with Gasteiger partial charge in [-0.25, -0.2) is 8.78 Å². The van der Waals surface area contributed by atoms with Gasteiger partial charge in [-0.15, -0.1) is 0 Å². The first-order valence-corrected chi connectivity index (χ1v) is 8.10. The van der Waals surface area contributed by atoms with Crippen LogP contribution in [0.5, 0.6) is 0 Å². The maximum atomic E-state index is 13.1. The van der Waals surface area contributed by atoms with Crippen LogP contribution in [0.3, 0.4) is 0 Å². The van der Waals surface area contributed by atoms with Crippen LogP contribution in [-0.4, -0.2) is 17.1 Å². The molecule has 0 radical (unpaired) electrons. The molecule has 1 amide bonds. The lowest BCUT2D eigenvalue weighted by atomic mass is 9.78. The zero-order valence-corrected chi connectivity index (χ0v) is 14.0. The third-order valence-corrected chi connectivity index (χ3v) is 4.66. The van der Waals surface area contributed by atoms with Crippen molar-refractivity contribution in [1.29, 1.82) is 0 Å². The standard InChI is InChI=1S/C16H21F2N3OS/c1-9-4-3-5-14(10(9)2)19-16(23)21-20-15(22)11-6-12(17)8-13(18)7-11/h6-10,14H,3-5H2,1-2H3,(H,20,22)(H2,19,21,23)/t9-,10+,14+/m0/s1. The van der Waals surface area contributed by atoms with Crippen molar-refractivity contribution in [3.05, 3.63) is 35.4 Å². The van der Waals surface area contributed by atoms with Crippen LogP contribution < -0.4 is 16.2 Å². The van der Waals surface area contributed by atoms with Gasteiger partial charge in [0.25, 0.3) is 5.91 Å². The van der Waals surface area contributed by atoms with E-state index in [-0.39, 0.29) is 11.6 Å². The SMILES string of the molecule is C[C@@H]1[C@@H](C)CCC[C@H]1NC(=S)NNC(=O)c1cc(F)cc(F)c1. The van der Waals surface area contributed by atoms with Crippen molar-refractivity contribution in [3.8, 4) is 0 Å². The van der Waals surface area contributed by atoms with E-state index in [4.69, 9.17) is 12.2 Å². The van der Waals surface area contributed by atoms with Gasteiger partial charge in [-0.2, -0.15) is 0 Å². The second-order valence-electron chi connectivity index (χ2n) is 6.08. The molecule has 1 aromatic carbocycles. The Labute approximate surface area is 140 Å². The molecule has 0 aliphatic heterocycles. The summed E-state index contributed by atoms with van der Waals surface area (Å²) in [7, 11) is 0. The highest BCUT2D eigenvalue weighted by Crippen LogP contribution is 2.29. The van der Waals surface area contributed by atoms with Crippen LogP contribution in [0.15, 0.2) is 18.2 Å². The van der Waals surface area contributed by atoms with Crippen molar-refractivity contribution in [1.82, 2.24) is 16.2 Å². The van der Waals surface area contributed by atoms with E-state index < -0.39 is 17.5 Å². The number of benzene rings is 1. The average Bonchev–Trinajstić information content (AvgIpc) is 2.48. The van der Waals surface area contributed by atoms with Crippen molar-refractivity contribution >= 4 is 23.2 Å². The Bertz CT molecular complexity index is 576. The lowest BCUT2D eigenvalue weighted by Gasteiger charge is -2.35. The number of halogens is 2. The monoisotopic (exact) mass is 341 g/mol. The van der Waals surface area contributed by atoms with Crippen molar-refractivity contribution in [2.24, 2.45) is 11.8 Å². The molecule has 7 heteroatoms. The number of hydrogen-bond donors (Lipinski definition) is 3. The molecule has 0 aromatic heterocycles. The Morgan fingerprint density at radius 2 is 1.78 bits per heavy atom. The Hall–Kier alpha value is -1.76. The van der Waals surface area contributed by atoms with Gasteiger partial charge in [0, 0.05) is 17.7 Å². The zero-order chi connectivity index (χ0) is 17.0. The summed E-state index contributed by atoms with van der Waals surface area (Å²) in [5.74, 6) is -1.16. The normalized spacial score (nSPS) is 23.9. The second kappa shape index (κ2) is 7.68. The van der Waals surface area contributed by atoms with E-state index in [0.29, 0.717) is 23.0 Å². The molecule has 126 valence electrons. The van der Waals surface area contributed by atoms with Crippen LogP contribution in [0.25, 0.3) is 0 Å². The number of nitrogens with one attached hydrogen (secondary N) is 3. The number of amides is 1. The largest absolute Gasteiger partial charge is 0.358 e. The predicted molar refractivity (Wildman–Crippen MR) is 88.7 cm³/mol.